The zero-order valence-electron chi connectivity index (χ0n) is 14.3. The maximum absolute atomic E-state index is 12.5. The molecule has 1 fully saturated rings. The molecule has 0 atom stereocenters. The van der Waals surface area contributed by atoms with E-state index in [1.807, 2.05) is 53.2 Å². The molecule has 5 nitrogen and oxygen atoms in total. The number of carbonyl (C=O) groups excluding carboxylic acids is 1. The van der Waals surface area contributed by atoms with E-state index in [0.29, 0.717) is 6.42 Å². The van der Waals surface area contributed by atoms with Gasteiger partial charge < -0.3 is 10.2 Å². The molecule has 0 spiro atoms. The quantitative estimate of drug-likeness (QED) is 0.886. The zero-order chi connectivity index (χ0) is 16.8. The molecular formula is C19H26N4O. The number of carbonyl (C=O) groups is 1. The van der Waals surface area contributed by atoms with Gasteiger partial charge in [-0.05, 0) is 62.5 Å². The van der Waals surface area contributed by atoms with E-state index < -0.39 is 0 Å². The van der Waals surface area contributed by atoms with Gasteiger partial charge in [-0.25, -0.2) is 4.68 Å². The molecule has 1 aromatic carbocycles. The van der Waals surface area contributed by atoms with E-state index in [1.165, 1.54) is 6.42 Å². The maximum atomic E-state index is 12.5. The average molecular weight is 326 g/mol. The lowest BCUT2D eigenvalue weighted by Gasteiger charge is -2.32. The highest BCUT2D eigenvalue weighted by Crippen LogP contribution is 2.21. The molecule has 0 aliphatic carbocycles. The molecule has 3 rings (SSSR count). The van der Waals surface area contributed by atoms with E-state index in [2.05, 4.69) is 10.4 Å². The summed E-state index contributed by atoms with van der Waals surface area (Å²) in [6, 6.07) is 9.97. The van der Waals surface area contributed by atoms with Crippen LogP contribution in [-0.2, 0) is 11.2 Å². The second kappa shape index (κ2) is 8.11. The zero-order valence-corrected chi connectivity index (χ0v) is 14.3. The largest absolute Gasteiger partial charge is 0.342 e. The predicted octanol–water partition coefficient (Wildman–Crippen LogP) is 2.26. The van der Waals surface area contributed by atoms with Crippen LogP contribution in [0.15, 0.2) is 42.7 Å². The Bertz CT molecular complexity index is 628. The number of hydrogen-bond acceptors (Lipinski definition) is 3. The van der Waals surface area contributed by atoms with Crippen molar-refractivity contribution in [2.24, 2.45) is 5.92 Å². The number of amides is 1. The van der Waals surface area contributed by atoms with E-state index >= 15 is 0 Å². The van der Waals surface area contributed by atoms with Crippen molar-refractivity contribution < 1.29 is 4.79 Å². The summed E-state index contributed by atoms with van der Waals surface area (Å²) < 4.78 is 1.82. The van der Waals surface area contributed by atoms with Crippen molar-refractivity contribution >= 4 is 5.91 Å². The minimum absolute atomic E-state index is 0.244. The van der Waals surface area contributed by atoms with Crippen molar-refractivity contribution in [3.05, 3.63) is 48.3 Å². The second-order valence-electron chi connectivity index (χ2n) is 6.51. The number of nitrogens with zero attached hydrogens (tertiary/aromatic N) is 3. The Balaban J connectivity index is 1.50. The molecule has 1 saturated heterocycles. The highest BCUT2D eigenvalue weighted by molar-refractivity contribution is 5.78. The summed E-state index contributed by atoms with van der Waals surface area (Å²) in [5, 5.41) is 7.43. The molecule has 2 aromatic rings. The third-order valence-electron chi connectivity index (χ3n) is 4.83. The highest BCUT2D eigenvalue weighted by atomic mass is 16.2. The van der Waals surface area contributed by atoms with Crippen molar-refractivity contribution in [3.8, 4) is 5.69 Å². The lowest BCUT2D eigenvalue weighted by Crippen LogP contribution is -2.39. The van der Waals surface area contributed by atoms with Gasteiger partial charge in [-0.1, -0.05) is 12.1 Å². The van der Waals surface area contributed by atoms with Crippen LogP contribution < -0.4 is 5.32 Å². The third-order valence-corrected chi connectivity index (χ3v) is 4.83. The Morgan fingerprint density at radius 3 is 2.62 bits per heavy atom. The summed E-state index contributed by atoms with van der Waals surface area (Å²) >= 11 is 0. The molecule has 1 amide bonds. The molecule has 0 unspecified atom stereocenters. The summed E-state index contributed by atoms with van der Waals surface area (Å²) in [7, 11) is 2.00. The number of likely N-dealkylation sites (tertiary alicyclic amines) is 1. The Hall–Kier alpha value is -2.14. The molecule has 24 heavy (non-hydrogen) atoms. The minimum atomic E-state index is 0.244. The number of rotatable bonds is 6. The van der Waals surface area contributed by atoms with Crippen LogP contribution in [0.3, 0.4) is 0 Å². The first-order chi connectivity index (χ1) is 11.8. The lowest BCUT2D eigenvalue weighted by molar-refractivity contribution is -0.131. The van der Waals surface area contributed by atoms with Gasteiger partial charge in [-0.15, -0.1) is 0 Å². The SMILES string of the molecule is CNCCC1CCN(C(=O)Cc2ccc(-n3cccn3)cc2)CC1. The molecule has 0 saturated carbocycles. The van der Waals surface area contributed by atoms with Crippen molar-refractivity contribution in [1.82, 2.24) is 20.0 Å². The third kappa shape index (κ3) is 4.23. The van der Waals surface area contributed by atoms with Crippen molar-refractivity contribution in [2.75, 3.05) is 26.7 Å². The molecular weight excluding hydrogens is 300 g/mol. The van der Waals surface area contributed by atoms with Crippen LogP contribution in [0.4, 0.5) is 0 Å². The van der Waals surface area contributed by atoms with Crippen molar-refractivity contribution in [3.63, 3.8) is 0 Å². The number of benzene rings is 1. The Morgan fingerprint density at radius 1 is 1.25 bits per heavy atom. The van der Waals surface area contributed by atoms with Gasteiger partial charge in [0.15, 0.2) is 0 Å². The van der Waals surface area contributed by atoms with E-state index in [-0.39, 0.29) is 5.91 Å². The van der Waals surface area contributed by atoms with Gasteiger partial charge >= 0.3 is 0 Å². The summed E-state index contributed by atoms with van der Waals surface area (Å²) in [6.07, 6.45) is 7.64. The molecule has 5 heteroatoms. The lowest BCUT2D eigenvalue weighted by atomic mass is 9.93. The van der Waals surface area contributed by atoms with Gasteiger partial charge in [-0.3, -0.25) is 4.79 Å². The smallest absolute Gasteiger partial charge is 0.226 e. The van der Waals surface area contributed by atoms with Crippen LogP contribution in [0.1, 0.15) is 24.8 Å². The van der Waals surface area contributed by atoms with Gasteiger partial charge in [0.2, 0.25) is 5.91 Å². The average Bonchev–Trinajstić information content (AvgIpc) is 3.15. The Kier molecular flexibility index (Phi) is 5.64. The Labute approximate surface area is 143 Å². The highest BCUT2D eigenvalue weighted by Gasteiger charge is 2.22. The van der Waals surface area contributed by atoms with E-state index in [0.717, 1.165) is 49.6 Å². The fourth-order valence-corrected chi connectivity index (χ4v) is 3.29. The van der Waals surface area contributed by atoms with Gasteiger partial charge in [0.1, 0.15) is 0 Å². The first-order valence-electron chi connectivity index (χ1n) is 8.77. The molecule has 0 radical (unpaired) electrons. The maximum Gasteiger partial charge on any atom is 0.226 e. The van der Waals surface area contributed by atoms with Crippen LogP contribution in [0.5, 0.6) is 0 Å². The summed E-state index contributed by atoms with van der Waals surface area (Å²) in [5.74, 6) is 1.00. The van der Waals surface area contributed by atoms with E-state index in [9.17, 15) is 4.79 Å². The second-order valence-corrected chi connectivity index (χ2v) is 6.51. The van der Waals surface area contributed by atoms with Crippen molar-refractivity contribution in [2.45, 2.75) is 25.7 Å². The monoisotopic (exact) mass is 326 g/mol. The van der Waals surface area contributed by atoms with Crippen LogP contribution in [0.2, 0.25) is 0 Å². The molecule has 2 heterocycles. The first kappa shape index (κ1) is 16.7. The standard InChI is InChI=1S/C19H26N4O/c1-20-11-7-16-8-13-22(14-9-16)19(24)15-17-3-5-18(6-4-17)23-12-2-10-21-23/h2-6,10,12,16,20H,7-9,11,13-15H2,1H3. The Morgan fingerprint density at radius 2 is 2.00 bits per heavy atom. The topological polar surface area (TPSA) is 50.2 Å². The van der Waals surface area contributed by atoms with Gasteiger partial charge in [0.25, 0.3) is 0 Å². The van der Waals surface area contributed by atoms with Crippen LogP contribution in [-0.4, -0.2) is 47.3 Å². The van der Waals surface area contributed by atoms with Crippen molar-refractivity contribution in [1.29, 1.82) is 0 Å². The number of nitrogens with one attached hydrogen (secondary N) is 1. The van der Waals surface area contributed by atoms with Gasteiger partial charge in [0.05, 0.1) is 12.1 Å². The molecule has 128 valence electrons. The molecule has 1 aliphatic heterocycles. The molecule has 1 N–H and O–H groups in total. The normalized spacial score (nSPS) is 15.6. The van der Waals surface area contributed by atoms with Gasteiger partial charge in [0, 0.05) is 25.5 Å². The predicted molar refractivity (Wildman–Crippen MR) is 95.1 cm³/mol. The summed E-state index contributed by atoms with van der Waals surface area (Å²) in [6.45, 7) is 2.87. The minimum Gasteiger partial charge on any atom is -0.342 e. The fraction of sp³-hybridized carbons (Fsp3) is 0.474. The van der Waals surface area contributed by atoms with Crippen LogP contribution in [0.25, 0.3) is 5.69 Å². The summed E-state index contributed by atoms with van der Waals surface area (Å²) in [4.78, 5) is 14.5. The molecule has 0 bridgehead atoms. The number of aromatic nitrogens is 2. The molecule has 1 aromatic heterocycles. The first-order valence-corrected chi connectivity index (χ1v) is 8.77. The number of hydrogen-bond donors (Lipinski definition) is 1. The molecule has 1 aliphatic rings. The fourth-order valence-electron chi connectivity index (χ4n) is 3.29. The van der Waals surface area contributed by atoms with E-state index in [4.69, 9.17) is 0 Å². The summed E-state index contributed by atoms with van der Waals surface area (Å²) in [5.41, 5.74) is 2.08. The van der Waals surface area contributed by atoms with E-state index in [1.54, 1.807) is 6.20 Å². The van der Waals surface area contributed by atoms with Crippen LogP contribution >= 0.6 is 0 Å². The van der Waals surface area contributed by atoms with Gasteiger partial charge in [-0.2, -0.15) is 5.10 Å². The number of piperidine rings is 1. The van der Waals surface area contributed by atoms with Crippen LogP contribution in [0, 0.1) is 5.92 Å².